The van der Waals surface area contributed by atoms with Gasteiger partial charge in [-0.15, -0.1) is 0 Å². The predicted molar refractivity (Wildman–Crippen MR) is 106 cm³/mol. The predicted octanol–water partition coefficient (Wildman–Crippen LogP) is 2.60. The Kier molecular flexibility index (Phi) is 8.50. The minimum Gasteiger partial charge on any atom is -0.488 e. The lowest BCUT2D eigenvalue weighted by atomic mass is 10.0. The number of hydrogen-bond donors (Lipinski definition) is 2. The minimum atomic E-state index is -0.771. The van der Waals surface area contributed by atoms with Crippen molar-refractivity contribution in [2.45, 2.75) is 58.7 Å². The second-order valence-electron chi connectivity index (χ2n) is 7.82. The van der Waals surface area contributed by atoms with Crippen molar-refractivity contribution < 1.29 is 19.1 Å². The SMILES string of the molecule is C=CCOC(=O)[C@@H](NC(=O)[C@@H](N)Cc1ccc(OC(C)(C)C)cc1)C(C)C. The van der Waals surface area contributed by atoms with Gasteiger partial charge in [0.15, 0.2) is 0 Å². The molecule has 0 heterocycles. The molecule has 0 aliphatic heterocycles. The van der Waals surface area contributed by atoms with Crippen LogP contribution in [0.3, 0.4) is 0 Å². The average Bonchev–Trinajstić information content (AvgIpc) is 2.57. The molecule has 1 aromatic rings. The molecule has 0 saturated heterocycles. The van der Waals surface area contributed by atoms with E-state index in [-0.39, 0.29) is 24.0 Å². The highest BCUT2D eigenvalue weighted by atomic mass is 16.5. The molecule has 27 heavy (non-hydrogen) atoms. The summed E-state index contributed by atoms with van der Waals surface area (Å²) in [5.74, 6) is -0.241. The Morgan fingerprint density at radius 1 is 1.22 bits per heavy atom. The zero-order valence-electron chi connectivity index (χ0n) is 17.0. The summed E-state index contributed by atoms with van der Waals surface area (Å²) in [5.41, 5.74) is 6.66. The number of nitrogens with two attached hydrogens (primary N) is 1. The van der Waals surface area contributed by atoms with E-state index in [2.05, 4.69) is 11.9 Å². The van der Waals surface area contributed by atoms with Crippen molar-refractivity contribution in [2.75, 3.05) is 6.61 Å². The zero-order chi connectivity index (χ0) is 20.6. The van der Waals surface area contributed by atoms with E-state index in [1.807, 2.05) is 58.9 Å². The van der Waals surface area contributed by atoms with Gasteiger partial charge in [0.05, 0.1) is 6.04 Å². The summed E-state index contributed by atoms with van der Waals surface area (Å²) < 4.78 is 10.8. The number of amides is 1. The fraction of sp³-hybridized carbons (Fsp3) is 0.524. The number of ether oxygens (including phenoxy) is 2. The van der Waals surface area contributed by atoms with Crippen LogP contribution in [0.4, 0.5) is 0 Å². The van der Waals surface area contributed by atoms with E-state index in [1.54, 1.807) is 0 Å². The monoisotopic (exact) mass is 376 g/mol. The van der Waals surface area contributed by atoms with Gasteiger partial charge in [0, 0.05) is 0 Å². The lowest BCUT2D eigenvalue weighted by molar-refractivity contribution is -0.148. The number of carbonyl (C=O) groups is 2. The van der Waals surface area contributed by atoms with E-state index >= 15 is 0 Å². The van der Waals surface area contributed by atoms with Crippen molar-refractivity contribution in [1.29, 1.82) is 0 Å². The topological polar surface area (TPSA) is 90.7 Å². The normalized spacial score (nSPS) is 13.6. The summed E-state index contributed by atoms with van der Waals surface area (Å²) >= 11 is 0. The van der Waals surface area contributed by atoms with Gasteiger partial charge in [-0.05, 0) is 50.8 Å². The largest absolute Gasteiger partial charge is 0.488 e. The summed E-state index contributed by atoms with van der Waals surface area (Å²) in [6.45, 7) is 13.2. The first-order valence-electron chi connectivity index (χ1n) is 9.15. The van der Waals surface area contributed by atoms with Gasteiger partial charge >= 0.3 is 5.97 Å². The molecule has 150 valence electrons. The van der Waals surface area contributed by atoms with Gasteiger partial charge in [-0.2, -0.15) is 0 Å². The van der Waals surface area contributed by atoms with Crippen LogP contribution in [0.1, 0.15) is 40.2 Å². The number of carbonyl (C=O) groups excluding carboxylic acids is 2. The first kappa shape index (κ1) is 22.7. The van der Waals surface area contributed by atoms with Gasteiger partial charge in [0.1, 0.15) is 24.0 Å². The first-order chi connectivity index (χ1) is 12.5. The molecule has 0 bridgehead atoms. The average molecular weight is 376 g/mol. The van der Waals surface area contributed by atoms with Crippen molar-refractivity contribution in [1.82, 2.24) is 5.32 Å². The van der Waals surface area contributed by atoms with Crippen LogP contribution in [0.15, 0.2) is 36.9 Å². The van der Waals surface area contributed by atoms with Gasteiger partial charge in [0.25, 0.3) is 0 Å². The molecule has 0 aliphatic rings. The standard InChI is InChI=1S/C21H32N2O4/c1-7-12-26-20(25)18(14(2)3)23-19(24)17(22)13-15-8-10-16(11-9-15)27-21(4,5)6/h7-11,14,17-18H,1,12-13,22H2,2-6H3,(H,23,24)/t17-,18-/m0/s1. The van der Waals surface area contributed by atoms with Crippen LogP contribution in [0.5, 0.6) is 5.75 Å². The Morgan fingerprint density at radius 3 is 2.30 bits per heavy atom. The van der Waals surface area contributed by atoms with E-state index in [9.17, 15) is 9.59 Å². The van der Waals surface area contributed by atoms with Crippen molar-refractivity contribution in [3.63, 3.8) is 0 Å². The van der Waals surface area contributed by atoms with Crippen LogP contribution in [0.2, 0.25) is 0 Å². The quantitative estimate of drug-likeness (QED) is 0.511. The Balaban J connectivity index is 2.67. The van der Waals surface area contributed by atoms with Crippen LogP contribution in [-0.2, 0) is 20.7 Å². The van der Waals surface area contributed by atoms with Crippen LogP contribution in [0, 0.1) is 5.92 Å². The van der Waals surface area contributed by atoms with E-state index < -0.39 is 18.1 Å². The number of benzene rings is 1. The fourth-order valence-corrected chi connectivity index (χ4v) is 2.38. The number of esters is 1. The summed E-state index contributed by atoms with van der Waals surface area (Å²) in [5, 5.41) is 2.69. The third-order valence-electron chi connectivity index (χ3n) is 3.70. The Hall–Kier alpha value is -2.34. The van der Waals surface area contributed by atoms with Crippen LogP contribution in [0.25, 0.3) is 0 Å². The van der Waals surface area contributed by atoms with Gasteiger partial charge in [0.2, 0.25) is 5.91 Å². The summed E-state index contributed by atoms with van der Waals surface area (Å²) in [4.78, 5) is 24.5. The smallest absolute Gasteiger partial charge is 0.329 e. The molecular weight excluding hydrogens is 344 g/mol. The second-order valence-corrected chi connectivity index (χ2v) is 7.82. The minimum absolute atomic E-state index is 0.104. The lowest BCUT2D eigenvalue weighted by Gasteiger charge is -2.23. The van der Waals surface area contributed by atoms with Gasteiger partial charge < -0.3 is 20.5 Å². The molecule has 1 aromatic carbocycles. The first-order valence-corrected chi connectivity index (χ1v) is 9.15. The molecule has 2 atom stereocenters. The van der Waals surface area contributed by atoms with E-state index in [0.29, 0.717) is 6.42 Å². The molecule has 0 saturated carbocycles. The maximum absolute atomic E-state index is 12.4. The molecule has 0 aromatic heterocycles. The summed E-state index contributed by atoms with van der Waals surface area (Å²) in [7, 11) is 0. The van der Waals surface area contributed by atoms with E-state index in [0.717, 1.165) is 11.3 Å². The molecule has 0 unspecified atom stereocenters. The molecule has 0 fully saturated rings. The molecule has 0 radical (unpaired) electrons. The van der Waals surface area contributed by atoms with Crippen molar-refractivity contribution in [3.8, 4) is 5.75 Å². The van der Waals surface area contributed by atoms with Crippen molar-refractivity contribution >= 4 is 11.9 Å². The zero-order valence-corrected chi connectivity index (χ0v) is 17.0. The van der Waals surface area contributed by atoms with Gasteiger partial charge in [-0.25, -0.2) is 4.79 Å². The molecular formula is C21H32N2O4. The molecule has 1 amide bonds. The van der Waals surface area contributed by atoms with Crippen molar-refractivity contribution in [2.24, 2.45) is 11.7 Å². The number of nitrogens with one attached hydrogen (secondary N) is 1. The summed E-state index contributed by atoms with van der Waals surface area (Å²) in [6, 6.07) is 5.96. The molecule has 6 heteroatoms. The summed E-state index contributed by atoms with van der Waals surface area (Å²) in [6.07, 6.45) is 1.84. The lowest BCUT2D eigenvalue weighted by Crippen LogP contribution is -2.51. The highest BCUT2D eigenvalue weighted by Gasteiger charge is 2.27. The third-order valence-corrected chi connectivity index (χ3v) is 3.70. The Morgan fingerprint density at radius 2 is 1.81 bits per heavy atom. The fourth-order valence-electron chi connectivity index (χ4n) is 2.38. The number of rotatable bonds is 9. The van der Waals surface area contributed by atoms with Gasteiger partial charge in [-0.3, -0.25) is 4.79 Å². The van der Waals surface area contributed by atoms with Crippen LogP contribution < -0.4 is 15.8 Å². The highest BCUT2D eigenvalue weighted by molar-refractivity contribution is 5.87. The van der Waals surface area contributed by atoms with Crippen molar-refractivity contribution in [3.05, 3.63) is 42.5 Å². The second kappa shape index (κ2) is 10.1. The molecule has 1 rings (SSSR count). The molecule has 6 nitrogen and oxygen atoms in total. The van der Waals surface area contributed by atoms with Crippen LogP contribution >= 0.6 is 0 Å². The molecule has 0 aliphatic carbocycles. The Labute approximate surface area is 162 Å². The third kappa shape index (κ3) is 8.26. The maximum atomic E-state index is 12.4. The Bertz CT molecular complexity index is 633. The highest BCUT2D eigenvalue weighted by Crippen LogP contribution is 2.19. The maximum Gasteiger partial charge on any atom is 0.329 e. The number of hydrogen-bond acceptors (Lipinski definition) is 5. The van der Waals surface area contributed by atoms with E-state index in [1.165, 1.54) is 6.08 Å². The van der Waals surface area contributed by atoms with E-state index in [4.69, 9.17) is 15.2 Å². The molecule has 0 spiro atoms. The van der Waals surface area contributed by atoms with Crippen LogP contribution in [-0.4, -0.2) is 36.2 Å². The van der Waals surface area contributed by atoms with Gasteiger partial charge in [-0.1, -0.05) is 38.6 Å². The molecule has 3 N–H and O–H groups in total.